The zero-order chi connectivity index (χ0) is 14.4. The lowest BCUT2D eigenvalue weighted by Crippen LogP contribution is -2.37. The molecule has 1 aliphatic carbocycles. The van der Waals surface area contributed by atoms with Gasteiger partial charge >= 0.3 is 0 Å². The molecule has 3 nitrogen and oxygen atoms in total. The molecule has 0 amide bonds. The van der Waals surface area contributed by atoms with Crippen LogP contribution in [0.3, 0.4) is 0 Å². The summed E-state index contributed by atoms with van der Waals surface area (Å²) < 4.78 is 5.31. The highest BCUT2D eigenvalue weighted by Gasteiger charge is 2.19. The summed E-state index contributed by atoms with van der Waals surface area (Å²) in [6, 6.07) is 6.99. The van der Waals surface area contributed by atoms with Gasteiger partial charge in [-0.05, 0) is 61.4 Å². The van der Waals surface area contributed by atoms with Crippen LogP contribution in [-0.4, -0.2) is 31.4 Å². The summed E-state index contributed by atoms with van der Waals surface area (Å²) in [5, 5.41) is 12.7. The normalized spacial score (nSPS) is 19.4. The molecule has 0 aromatic heterocycles. The molecule has 0 aliphatic heterocycles. The lowest BCUT2D eigenvalue weighted by molar-refractivity contribution is 0.247. The van der Waals surface area contributed by atoms with E-state index in [9.17, 15) is 0 Å². The predicted molar refractivity (Wildman–Crippen MR) is 82.3 cm³/mol. The molecule has 1 aromatic rings. The van der Waals surface area contributed by atoms with Crippen molar-refractivity contribution in [1.29, 1.82) is 0 Å². The van der Waals surface area contributed by atoms with Crippen molar-refractivity contribution in [2.45, 2.75) is 45.1 Å². The van der Waals surface area contributed by atoms with E-state index in [1.807, 2.05) is 0 Å². The molecule has 1 aromatic carbocycles. The molecule has 112 valence electrons. The van der Waals surface area contributed by atoms with Crippen molar-refractivity contribution in [3.05, 3.63) is 29.3 Å². The molecule has 2 unspecified atom stereocenters. The third-order valence-corrected chi connectivity index (χ3v) is 4.45. The first-order valence-corrected chi connectivity index (χ1v) is 7.76. The minimum atomic E-state index is 0.297. The molecule has 0 bridgehead atoms. The Labute approximate surface area is 122 Å². The highest BCUT2D eigenvalue weighted by atomic mass is 16.5. The minimum absolute atomic E-state index is 0.297. The van der Waals surface area contributed by atoms with Crippen LogP contribution in [0.2, 0.25) is 0 Å². The maximum atomic E-state index is 9.05. The Bertz CT molecular complexity index is 419. The van der Waals surface area contributed by atoms with Crippen molar-refractivity contribution in [3.8, 4) is 5.75 Å². The predicted octanol–water partition coefficient (Wildman–Crippen LogP) is 2.55. The molecular formula is C17H27NO2. The first-order valence-electron chi connectivity index (χ1n) is 7.76. The van der Waals surface area contributed by atoms with Gasteiger partial charge in [0.1, 0.15) is 5.75 Å². The highest BCUT2D eigenvalue weighted by molar-refractivity contribution is 5.37. The zero-order valence-corrected chi connectivity index (χ0v) is 12.7. The summed E-state index contributed by atoms with van der Waals surface area (Å²) in [5.74, 6) is 1.54. The lowest BCUT2D eigenvalue weighted by atomic mass is 9.87. The van der Waals surface area contributed by atoms with E-state index in [-0.39, 0.29) is 0 Å². The van der Waals surface area contributed by atoms with Gasteiger partial charge in [-0.25, -0.2) is 0 Å². The van der Waals surface area contributed by atoms with Gasteiger partial charge in [-0.1, -0.05) is 19.4 Å². The van der Waals surface area contributed by atoms with Gasteiger partial charge in [0.05, 0.1) is 7.11 Å². The van der Waals surface area contributed by atoms with Gasteiger partial charge in [-0.15, -0.1) is 0 Å². The van der Waals surface area contributed by atoms with Crippen molar-refractivity contribution < 1.29 is 9.84 Å². The molecule has 2 atom stereocenters. The van der Waals surface area contributed by atoms with Gasteiger partial charge in [-0.3, -0.25) is 0 Å². The second-order valence-electron chi connectivity index (χ2n) is 5.77. The van der Waals surface area contributed by atoms with Gasteiger partial charge < -0.3 is 15.2 Å². The van der Waals surface area contributed by atoms with Gasteiger partial charge in [0.15, 0.2) is 0 Å². The highest BCUT2D eigenvalue weighted by Crippen LogP contribution is 2.25. The summed E-state index contributed by atoms with van der Waals surface area (Å²) in [4.78, 5) is 0. The maximum Gasteiger partial charge on any atom is 0.119 e. The molecular weight excluding hydrogens is 250 g/mol. The average Bonchev–Trinajstić information content (AvgIpc) is 2.50. The van der Waals surface area contributed by atoms with Crippen LogP contribution in [0.4, 0.5) is 0 Å². The van der Waals surface area contributed by atoms with Gasteiger partial charge in [0, 0.05) is 12.6 Å². The summed E-state index contributed by atoms with van der Waals surface area (Å²) in [5.41, 5.74) is 2.88. The zero-order valence-electron chi connectivity index (χ0n) is 12.7. The van der Waals surface area contributed by atoms with Crippen LogP contribution < -0.4 is 10.1 Å². The fourth-order valence-electron chi connectivity index (χ4n) is 3.00. The molecule has 2 N–H and O–H groups in total. The second kappa shape index (κ2) is 7.65. The topological polar surface area (TPSA) is 41.5 Å². The van der Waals surface area contributed by atoms with Crippen LogP contribution in [0.15, 0.2) is 18.2 Å². The van der Waals surface area contributed by atoms with E-state index in [0.29, 0.717) is 18.6 Å². The van der Waals surface area contributed by atoms with E-state index in [4.69, 9.17) is 9.84 Å². The standard InChI is InChI=1S/C17H27NO2/c1-3-13(8-9-19)12-18-16-6-4-14-5-7-17(20-2)11-15(14)10-16/h5,7,11,13,16,18-19H,3-4,6,8-10,12H2,1-2H3. The molecule has 1 aliphatic rings. The maximum absolute atomic E-state index is 9.05. The van der Waals surface area contributed by atoms with Crippen molar-refractivity contribution in [2.75, 3.05) is 20.3 Å². The molecule has 20 heavy (non-hydrogen) atoms. The molecule has 0 fully saturated rings. The van der Waals surface area contributed by atoms with Crippen molar-refractivity contribution in [2.24, 2.45) is 5.92 Å². The van der Waals surface area contributed by atoms with E-state index in [2.05, 4.69) is 30.4 Å². The van der Waals surface area contributed by atoms with Crippen LogP contribution in [0.5, 0.6) is 5.75 Å². The van der Waals surface area contributed by atoms with Crippen LogP contribution in [-0.2, 0) is 12.8 Å². The molecule has 3 heteroatoms. The van der Waals surface area contributed by atoms with E-state index in [1.54, 1.807) is 7.11 Å². The van der Waals surface area contributed by atoms with E-state index in [0.717, 1.165) is 38.0 Å². The molecule has 0 radical (unpaired) electrons. The first-order chi connectivity index (χ1) is 9.76. The van der Waals surface area contributed by atoms with Crippen molar-refractivity contribution in [1.82, 2.24) is 5.32 Å². The molecule has 0 spiro atoms. The third kappa shape index (κ3) is 3.97. The minimum Gasteiger partial charge on any atom is -0.497 e. The lowest BCUT2D eigenvalue weighted by Gasteiger charge is -2.27. The Hall–Kier alpha value is -1.06. The Morgan fingerprint density at radius 2 is 2.25 bits per heavy atom. The van der Waals surface area contributed by atoms with Crippen molar-refractivity contribution in [3.63, 3.8) is 0 Å². The Balaban J connectivity index is 1.90. The number of ether oxygens (including phenoxy) is 1. The number of fused-ring (bicyclic) bond motifs is 1. The number of methoxy groups -OCH3 is 1. The monoisotopic (exact) mass is 277 g/mol. The fraction of sp³-hybridized carbons (Fsp3) is 0.647. The number of hydrogen-bond acceptors (Lipinski definition) is 3. The SMILES string of the molecule is CCC(CCO)CNC1CCc2ccc(OC)cc2C1. The summed E-state index contributed by atoms with van der Waals surface area (Å²) >= 11 is 0. The second-order valence-corrected chi connectivity index (χ2v) is 5.77. The average molecular weight is 277 g/mol. The first kappa shape index (κ1) is 15.3. The van der Waals surface area contributed by atoms with Crippen LogP contribution in [0, 0.1) is 5.92 Å². The van der Waals surface area contributed by atoms with E-state index < -0.39 is 0 Å². The summed E-state index contributed by atoms with van der Waals surface area (Å²) in [6.45, 7) is 3.51. The number of nitrogens with one attached hydrogen (secondary N) is 1. The molecule has 0 heterocycles. The number of aliphatic hydroxyl groups is 1. The fourth-order valence-corrected chi connectivity index (χ4v) is 3.00. The van der Waals surface area contributed by atoms with Gasteiger partial charge in [0.25, 0.3) is 0 Å². The number of hydrogen-bond donors (Lipinski definition) is 2. The molecule has 0 saturated carbocycles. The Morgan fingerprint density at radius 3 is 2.95 bits per heavy atom. The van der Waals surface area contributed by atoms with E-state index >= 15 is 0 Å². The summed E-state index contributed by atoms with van der Waals surface area (Å²) in [7, 11) is 1.72. The number of rotatable bonds is 7. The smallest absolute Gasteiger partial charge is 0.119 e. The molecule has 0 saturated heterocycles. The number of aliphatic hydroxyl groups excluding tert-OH is 1. The van der Waals surface area contributed by atoms with Gasteiger partial charge in [-0.2, -0.15) is 0 Å². The number of aryl methyl sites for hydroxylation is 1. The Kier molecular flexibility index (Phi) is 5.86. The molecule has 2 rings (SSSR count). The van der Waals surface area contributed by atoms with Crippen molar-refractivity contribution >= 4 is 0 Å². The van der Waals surface area contributed by atoms with E-state index in [1.165, 1.54) is 17.5 Å². The third-order valence-electron chi connectivity index (χ3n) is 4.45. The largest absolute Gasteiger partial charge is 0.497 e. The summed E-state index contributed by atoms with van der Waals surface area (Å²) in [6.07, 6.45) is 5.47. The Morgan fingerprint density at radius 1 is 1.40 bits per heavy atom. The van der Waals surface area contributed by atoms with Gasteiger partial charge in [0.2, 0.25) is 0 Å². The van der Waals surface area contributed by atoms with Crippen LogP contribution in [0.25, 0.3) is 0 Å². The van der Waals surface area contributed by atoms with Crippen LogP contribution >= 0.6 is 0 Å². The quantitative estimate of drug-likeness (QED) is 0.805. The number of benzene rings is 1. The van der Waals surface area contributed by atoms with Crippen LogP contribution in [0.1, 0.15) is 37.3 Å².